The molecule has 1 saturated heterocycles. The van der Waals surface area contributed by atoms with Crippen LogP contribution in [0.1, 0.15) is 29.5 Å². The van der Waals surface area contributed by atoms with Crippen LogP contribution in [0.3, 0.4) is 0 Å². The van der Waals surface area contributed by atoms with Gasteiger partial charge >= 0.3 is 0 Å². The Morgan fingerprint density at radius 3 is 2.71 bits per heavy atom. The number of benzene rings is 2. The lowest BCUT2D eigenvalue weighted by molar-refractivity contribution is -0.123. The molecule has 2 aromatic carbocycles. The zero-order chi connectivity index (χ0) is 16.8. The van der Waals surface area contributed by atoms with Crippen molar-refractivity contribution < 1.29 is 4.79 Å². The third kappa shape index (κ3) is 4.31. The van der Waals surface area contributed by atoms with E-state index < -0.39 is 0 Å². The molecule has 0 spiro atoms. The molecule has 24 heavy (non-hydrogen) atoms. The molecule has 0 bridgehead atoms. The molecule has 122 valence electrons. The number of rotatable bonds is 5. The second-order valence-corrected chi connectivity index (χ2v) is 6.52. The molecule has 1 aliphatic heterocycles. The Bertz CT molecular complexity index is 733. The standard InChI is InChI=1S/C21H22N2O/c22-14-18-8-4-9-19(12-18)15-23-11-5-10-20(16-23)21(24)13-17-6-2-1-3-7-17/h1-4,6-9,12,20H,5,10-11,13,15-16H2. The highest BCUT2D eigenvalue weighted by molar-refractivity contribution is 5.83. The molecule has 3 nitrogen and oxygen atoms in total. The zero-order valence-electron chi connectivity index (χ0n) is 13.8. The molecule has 1 unspecified atom stereocenters. The van der Waals surface area contributed by atoms with E-state index in [1.807, 2.05) is 48.5 Å². The summed E-state index contributed by atoms with van der Waals surface area (Å²) < 4.78 is 0. The second kappa shape index (κ2) is 7.90. The van der Waals surface area contributed by atoms with Crippen LogP contribution in [0.25, 0.3) is 0 Å². The minimum atomic E-state index is 0.123. The molecule has 1 fully saturated rings. The van der Waals surface area contributed by atoms with Crippen LogP contribution in [-0.2, 0) is 17.8 Å². The minimum absolute atomic E-state index is 0.123. The van der Waals surface area contributed by atoms with Gasteiger partial charge in [0.05, 0.1) is 11.6 Å². The first kappa shape index (κ1) is 16.4. The topological polar surface area (TPSA) is 44.1 Å². The highest BCUT2D eigenvalue weighted by Crippen LogP contribution is 2.21. The van der Waals surface area contributed by atoms with Crippen molar-refractivity contribution in [1.82, 2.24) is 4.90 Å². The monoisotopic (exact) mass is 318 g/mol. The van der Waals surface area contributed by atoms with Gasteiger partial charge in [0.2, 0.25) is 0 Å². The van der Waals surface area contributed by atoms with Crippen LogP contribution < -0.4 is 0 Å². The Morgan fingerprint density at radius 2 is 1.92 bits per heavy atom. The van der Waals surface area contributed by atoms with Gasteiger partial charge in [0.1, 0.15) is 5.78 Å². The van der Waals surface area contributed by atoms with Crippen molar-refractivity contribution in [2.45, 2.75) is 25.8 Å². The fourth-order valence-corrected chi connectivity index (χ4v) is 3.40. The first-order valence-electron chi connectivity index (χ1n) is 8.52. The summed E-state index contributed by atoms with van der Waals surface area (Å²) in [6.07, 6.45) is 2.58. The van der Waals surface area contributed by atoms with Gasteiger partial charge in [0.25, 0.3) is 0 Å². The van der Waals surface area contributed by atoms with Crippen LogP contribution >= 0.6 is 0 Å². The Kier molecular flexibility index (Phi) is 5.40. The molecule has 1 atom stereocenters. The van der Waals surface area contributed by atoms with E-state index in [0.29, 0.717) is 17.8 Å². The highest BCUT2D eigenvalue weighted by atomic mass is 16.1. The van der Waals surface area contributed by atoms with Crippen molar-refractivity contribution in [2.75, 3.05) is 13.1 Å². The van der Waals surface area contributed by atoms with Gasteiger partial charge in [-0.1, -0.05) is 42.5 Å². The largest absolute Gasteiger partial charge is 0.299 e. The number of likely N-dealkylation sites (tertiary alicyclic amines) is 1. The first-order valence-corrected chi connectivity index (χ1v) is 8.52. The predicted octanol–water partition coefficient (Wildman–Crippen LogP) is 3.58. The van der Waals surface area contributed by atoms with Crippen molar-refractivity contribution >= 4 is 5.78 Å². The SMILES string of the molecule is N#Cc1cccc(CN2CCCC(C(=O)Cc3ccccc3)C2)c1. The van der Waals surface area contributed by atoms with Crippen LogP contribution in [0.2, 0.25) is 0 Å². The molecule has 0 aliphatic carbocycles. The number of nitrogens with zero attached hydrogens (tertiary/aromatic N) is 2. The molecule has 3 heteroatoms. The van der Waals surface area contributed by atoms with Gasteiger partial charge in [-0.3, -0.25) is 9.69 Å². The van der Waals surface area contributed by atoms with Gasteiger partial charge in [-0.25, -0.2) is 0 Å². The number of carbonyl (C=O) groups excluding carboxylic acids is 1. The average molecular weight is 318 g/mol. The maximum Gasteiger partial charge on any atom is 0.141 e. The maximum absolute atomic E-state index is 12.6. The van der Waals surface area contributed by atoms with Crippen LogP contribution in [0.4, 0.5) is 0 Å². The zero-order valence-corrected chi connectivity index (χ0v) is 13.8. The summed E-state index contributed by atoms with van der Waals surface area (Å²) in [7, 11) is 0. The Labute approximate surface area is 143 Å². The minimum Gasteiger partial charge on any atom is -0.299 e. The van der Waals surface area contributed by atoms with Crippen molar-refractivity contribution in [2.24, 2.45) is 5.92 Å². The molecule has 1 aliphatic rings. The number of Topliss-reactive ketones (excluding diaryl/α,β-unsaturated/α-hetero) is 1. The van der Waals surface area contributed by atoms with E-state index in [9.17, 15) is 4.79 Å². The Balaban J connectivity index is 1.59. The summed E-state index contributed by atoms with van der Waals surface area (Å²) in [6, 6.07) is 19.9. The molecule has 3 rings (SSSR count). The normalized spacial score (nSPS) is 18.0. The molecular weight excluding hydrogens is 296 g/mol. The van der Waals surface area contributed by atoms with E-state index in [1.54, 1.807) is 0 Å². The van der Waals surface area contributed by atoms with Crippen LogP contribution in [0.15, 0.2) is 54.6 Å². The van der Waals surface area contributed by atoms with Crippen LogP contribution in [-0.4, -0.2) is 23.8 Å². The third-order valence-corrected chi connectivity index (χ3v) is 4.64. The lowest BCUT2D eigenvalue weighted by Crippen LogP contribution is -2.38. The molecule has 0 aromatic heterocycles. The van der Waals surface area contributed by atoms with E-state index in [0.717, 1.165) is 43.6 Å². The maximum atomic E-state index is 12.6. The molecule has 0 N–H and O–H groups in total. The molecule has 0 amide bonds. The number of nitriles is 1. The van der Waals surface area contributed by atoms with Crippen molar-refractivity contribution in [3.8, 4) is 6.07 Å². The van der Waals surface area contributed by atoms with Gasteiger partial charge in [-0.2, -0.15) is 5.26 Å². The number of carbonyl (C=O) groups is 1. The third-order valence-electron chi connectivity index (χ3n) is 4.64. The van der Waals surface area contributed by atoms with Gasteiger partial charge < -0.3 is 0 Å². The van der Waals surface area contributed by atoms with E-state index in [2.05, 4.69) is 17.0 Å². The Hall–Kier alpha value is -2.44. The number of hydrogen-bond donors (Lipinski definition) is 0. The number of hydrogen-bond acceptors (Lipinski definition) is 3. The van der Waals surface area contributed by atoms with Gasteiger partial charge in [0.15, 0.2) is 0 Å². The van der Waals surface area contributed by atoms with E-state index in [4.69, 9.17) is 5.26 Å². The van der Waals surface area contributed by atoms with Crippen molar-refractivity contribution in [1.29, 1.82) is 5.26 Å². The molecule has 2 aromatic rings. The smallest absolute Gasteiger partial charge is 0.141 e. The quantitative estimate of drug-likeness (QED) is 0.846. The summed E-state index contributed by atoms with van der Waals surface area (Å²) in [6.45, 7) is 2.65. The van der Waals surface area contributed by atoms with Crippen molar-refractivity contribution in [3.63, 3.8) is 0 Å². The van der Waals surface area contributed by atoms with Crippen molar-refractivity contribution in [3.05, 3.63) is 71.3 Å². The fraction of sp³-hybridized carbons (Fsp3) is 0.333. The summed E-state index contributed by atoms with van der Waals surface area (Å²) in [5.41, 5.74) is 2.94. The van der Waals surface area contributed by atoms with Gasteiger partial charge in [-0.05, 0) is 42.6 Å². The first-order chi connectivity index (χ1) is 11.7. The van der Waals surface area contributed by atoms with Crippen LogP contribution in [0.5, 0.6) is 0 Å². The number of ketones is 1. The molecule has 0 radical (unpaired) electrons. The van der Waals surface area contributed by atoms with E-state index >= 15 is 0 Å². The summed E-state index contributed by atoms with van der Waals surface area (Å²) in [5.74, 6) is 0.467. The fourth-order valence-electron chi connectivity index (χ4n) is 3.40. The van der Waals surface area contributed by atoms with Crippen LogP contribution in [0, 0.1) is 17.2 Å². The van der Waals surface area contributed by atoms with Gasteiger partial charge in [-0.15, -0.1) is 0 Å². The van der Waals surface area contributed by atoms with Gasteiger partial charge in [0, 0.05) is 25.4 Å². The Morgan fingerprint density at radius 1 is 1.12 bits per heavy atom. The second-order valence-electron chi connectivity index (χ2n) is 6.52. The van der Waals surface area contributed by atoms with E-state index in [1.165, 1.54) is 0 Å². The van der Waals surface area contributed by atoms with E-state index in [-0.39, 0.29) is 5.92 Å². The average Bonchev–Trinajstić information content (AvgIpc) is 2.63. The predicted molar refractivity (Wildman–Crippen MR) is 94.3 cm³/mol. The lowest BCUT2D eigenvalue weighted by Gasteiger charge is -2.32. The number of piperidine rings is 1. The summed E-state index contributed by atoms with van der Waals surface area (Å²) >= 11 is 0. The summed E-state index contributed by atoms with van der Waals surface area (Å²) in [5, 5.41) is 9.01. The summed E-state index contributed by atoms with van der Waals surface area (Å²) in [4.78, 5) is 14.9. The highest BCUT2D eigenvalue weighted by Gasteiger charge is 2.25. The lowest BCUT2D eigenvalue weighted by atomic mass is 9.90. The molecular formula is C21H22N2O. The molecule has 0 saturated carbocycles. The molecule has 1 heterocycles.